The maximum atomic E-state index is 13.1. The standard InChI is InChI=1S/C20H17F3N2O4S/c1-3-10-25(17-8-5-7-16(12-17)20(21,22)23)30(27,28)18-9-4-6-15(11-18)19(26)29-14(2)13-24/h3-9,11-12,14H,1,10H2,2H3. The lowest BCUT2D eigenvalue weighted by Gasteiger charge is -2.24. The van der Waals surface area contributed by atoms with Crippen LogP contribution in [0.5, 0.6) is 0 Å². The molecule has 0 saturated heterocycles. The normalized spacial score (nSPS) is 12.5. The van der Waals surface area contributed by atoms with Crippen LogP contribution < -0.4 is 4.31 Å². The molecule has 1 atom stereocenters. The Morgan fingerprint density at radius 1 is 1.27 bits per heavy atom. The van der Waals surface area contributed by atoms with Gasteiger partial charge < -0.3 is 4.74 Å². The molecule has 10 heteroatoms. The van der Waals surface area contributed by atoms with E-state index in [0.717, 1.165) is 22.5 Å². The van der Waals surface area contributed by atoms with Crippen molar-refractivity contribution in [2.24, 2.45) is 0 Å². The van der Waals surface area contributed by atoms with Crippen molar-refractivity contribution in [2.75, 3.05) is 10.8 Å². The van der Waals surface area contributed by atoms with E-state index in [1.165, 1.54) is 37.3 Å². The van der Waals surface area contributed by atoms with Gasteiger partial charge in [0, 0.05) is 0 Å². The van der Waals surface area contributed by atoms with Gasteiger partial charge in [0.05, 0.1) is 28.3 Å². The maximum Gasteiger partial charge on any atom is 0.416 e. The third-order valence-electron chi connectivity index (χ3n) is 3.88. The molecule has 0 bridgehead atoms. The summed E-state index contributed by atoms with van der Waals surface area (Å²) in [5.41, 5.74) is -1.34. The number of carbonyl (C=O) groups is 1. The zero-order valence-electron chi connectivity index (χ0n) is 15.8. The van der Waals surface area contributed by atoms with Gasteiger partial charge in [-0.25, -0.2) is 13.2 Å². The van der Waals surface area contributed by atoms with E-state index < -0.39 is 33.8 Å². The number of ether oxygens (including phenoxy) is 1. The fourth-order valence-corrected chi connectivity index (χ4v) is 3.94. The summed E-state index contributed by atoms with van der Waals surface area (Å²) in [6.45, 7) is 4.50. The summed E-state index contributed by atoms with van der Waals surface area (Å²) in [5, 5.41) is 8.73. The van der Waals surface area contributed by atoms with E-state index in [1.54, 1.807) is 6.07 Å². The molecule has 0 aromatic heterocycles. The number of carbonyl (C=O) groups excluding carboxylic acids is 1. The van der Waals surface area contributed by atoms with Gasteiger partial charge in [0.15, 0.2) is 6.10 Å². The van der Waals surface area contributed by atoms with Gasteiger partial charge >= 0.3 is 12.1 Å². The molecule has 2 aromatic rings. The number of nitrogens with zero attached hydrogens (tertiary/aromatic N) is 2. The molecule has 0 fully saturated rings. The zero-order chi connectivity index (χ0) is 22.5. The van der Waals surface area contributed by atoms with E-state index in [1.807, 2.05) is 0 Å². The van der Waals surface area contributed by atoms with Gasteiger partial charge in [-0.1, -0.05) is 18.2 Å². The molecular weight excluding hydrogens is 421 g/mol. The predicted octanol–water partition coefficient (Wildman–Crippen LogP) is 4.16. The van der Waals surface area contributed by atoms with Crippen LogP contribution >= 0.6 is 0 Å². The smallest absolute Gasteiger partial charge is 0.416 e. The minimum Gasteiger partial charge on any atom is -0.444 e. The second-order valence-electron chi connectivity index (χ2n) is 6.08. The Bertz CT molecular complexity index is 1090. The quantitative estimate of drug-likeness (QED) is 0.479. The predicted molar refractivity (Wildman–Crippen MR) is 103 cm³/mol. The summed E-state index contributed by atoms with van der Waals surface area (Å²) in [5.74, 6) is -0.907. The lowest BCUT2D eigenvalue weighted by molar-refractivity contribution is -0.137. The first-order chi connectivity index (χ1) is 14.0. The largest absolute Gasteiger partial charge is 0.444 e. The fraction of sp³-hybridized carbons (Fsp3) is 0.200. The number of esters is 1. The second kappa shape index (κ2) is 9.00. The van der Waals surface area contributed by atoms with Gasteiger partial charge in [-0.05, 0) is 43.3 Å². The first-order valence-corrected chi connectivity index (χ1v) is 9.96. The maximum absolute atomic E-state index is 13.1. The lowest BCUT2D eigenvalue weighted by atomic mass is 10.2. The van der Waals surface area contributed by atoms with Crippen LogP contribution in [0.2, 0.25) is 0 Å². The van der Waals surface area contributed by atoms with Crippen molar-refractivity contribution < 1.29 is 31.1 Å². The lowest BCUT2D eigenvalue weighted by Crippen LogP contribution is -2.31. The van der Waals surface area contributed by atoms with Crippen molar-refractivity contribution in [1.29, 1.82) is 5.26 Å². The fourth-order valence-electron chi connectivity index (χ4n) is 2.46. The SMILES string of the molecule is C=CCN(c1cccc(C(F)(F)F)c1)S(=O)(=O)c1cccc(C(=O)OC(C)C#N)c1. The van der Waals surface area contributed by atoms with E-state index >= 15 is 0 Å². The molecule has 158 valence electrons. The molecule has 0 amide bonds. The highest BCUT2D eigenvalue weighted by atomic mass is 32.2. The topological polar surface area (TPSA) is 87.5 Å². The molecule has 30 heavy (non-hydrogen) atoms. The Labute approximate surface area is 171 Å². The third-order valence-corrected chi connectivity index (χ3v) is 5.67. The molecule has 0 radical (unpaired) electrons. The minimum absolute atomic E-state index is 0.124. The number of hydrogen-bond donors (Lipinski definition) is 0. The summed E-state index contributed by atoms with van der Waals surface area (Å²) in [6, 6.07) is 10.4. The van der Waals surface area contributed by atoms with Crippen LogP contribution in [0, 0.1) is 11.3 Å². The molecule has 0 spiro atoms. The van der Waals surface area contributed by atoms with Crippen LogP contribution in [0.1, 0.15) is 22.8 Å². The molecule has 1 unspecified atom stereocenters. The molecular formula is C20H17F3N2O4S. The van der Waals surface area contributed by atoms with E-state index in [-0.39, 0.29) is 22.7 Å². The molecule has 6 nitrogen and oxygen atoms in total. The van der Waals surface area contributed by atoms with Gasteiger partial charge in [-0.15, -0.1) is 6.58 Å². The highest BCUT2D eigenvalue weighted by Gasteiger charge is 2.32. The first-order valence-electron chi connectivity index (χ1n) is 8.52. The van der Waals surface area contributed by atoms with Crippen molar-refractivity contribution in [3.63, 3.8) is 0 Å². The Morgan fingerprint density at radius 2 is 1.93 bits per heavy atom. The summed E-state index contributed by atoms with van der Waals surface area (Å²) in [4.78, 5) is 11.8. The molecule has 0 N–H and O–H groups in total. The number of rotatable bonds is 7. The van der Waals surface area contributed by atoms with Crippen LogP contribution in [0.3, 0.4) is 0 Å². The van der Waals surface area contributed by atoms with Gasteiger partial charge in [0.1, 0.15) is 6.07 Å². The van der Waals surface area contributed by atoms with Crippen molar-refractivity contribution in [1.82, 2.24) is 0 Å². The third kappa shape index (κ3) is 5.18. The van der Waals surface area contributed by atoms with Crippen LogP contribution in [0.4, 0.5) is 18.9 Å². The average molecular weight is 438 g/mol. The average Bonchev–Trinajstić information content (AvgIpc) is 2.71. The van der Waals surface area contributed by atoms with E-state index in [4.69, 9.17) is 10.00 Å². The van der Waals surface area contributed by atoms with Crippen molar-refractivity contribution in [2.45, 2.75) is 24.1 Å². The Balaban J connectivity index is 2.49. The molecule has 0 heterocycles. The number of alkyl halides is 3. The highest BCUT2D eigenvalue weighted by Crippen LogP contribution is 2.33. The summed E-state index contributed by atoms with van der Waals surface area (Å²) >= 11 is 0. The van der Waals surface area contributed by atoms with E-state index in [9.17, 15) is 26.4 Å². The summed E-state index contributed by atoms with van der Waals surface area (Å²) < 4.78 is 71.0. The molecule has 0 aliphatic rings. The van der Waals surface area contributed by atoms with Crippen LogP contribution in [0.15, 0.2) is 66.1 Å². The van der Waals surface area contributed by atoms with Gasteiger partial charge in [-0.3, -0.25) is 4.31 Å². The van der Waals surface area contributed by atoms with Crippen molar-refractivity contribution in [3.05, 3.63) is 72.3 Å². The number of sulfonamides is 1. The van der Waals surface area contributed by atoms with Gasteiger partial charge in [0.25, 0.3) is 10.0 Å². The van der Waals surface area contributed by atoms with E-state index in [0.29, 0.717) is 6.07 Å². The van der Waals surface area contributed by atoms with Crippen LogP contribution in [-0.4, -0.2) is 27.0 Å². The van der Waals surface area contributed by atoms with E-state index in [2.05, 4.69) is 6.58 Å². The number of hydrogen-bond acceptors (Lipinski definition) is 5. The first kappa shape index (κ1) is 23.0. The monoisotopic (exact) mass is 438 g/mol. The van der Waals surface area contributed by atoms with Crippen molar-refractivity contribution in [3.8, 4) is 6.07 Å². The Morgan fingerprint density at radius 3 is 2.53 bits per heavy atom. The minimum atomic E-state index is -4.65. The number of anilines is 1. The van der Waals surface area contributed by atoms with Crippen molar-refractivity contribution >= 4 is 21.7 Å². The molecule has 2 aromatic carbocycles. The second-order valence-corrected chi connectivity index (χ2v) is 7.94. The molecule has 2 rings (SSSR count). The molecule has 0 aliphatic heterocycles. The number of benzene rings is 2. The van der Waals surface area contributed by atoms with Gasteiger partial charge in [-0.2, -0.15) is 18.4 Å². The zero-order valence-corrected chi connectivity index (χ0v) is 16.6. The summed E-state index contributed by atoms with van der Waals surface area (Å²) in [6.07, 6.45) is -4.47. The van der Waals surface area contributed by atoms with Crippen LogP contribution in [-0.2, 0) is 20.9 Å². The van der Waals surface area contributed by atoms with Gasteiger partial charge in [0.2, 0.25) is 0 Å². The number of nitriles is 1. The Hall–Kier alpha value is -3.32. The highest BCUT2D eigenvalue weighted by molar-refractivity contribution is 7.92. The summed E-state index contributed by atoms with van der Waals surface area (Å²) in [7, 11) is -4.35. The Kier molecular flexibility index (Phi) is 6.89. The number of halogens is 3. The molecule has 0 saturated carbocycles. The van der Waals surface area contributed by atoms with Crippen LogP contribution in [0.25, 0.3) is 0 Å². The molecule has 0 aliphatic carbocycles.